The maximum atomic E-state index is 9.24. The molecule has 0 amide bonds. The number of hydrogen-bond acceptors (Lipinski definition) is 3. The third kappa shape index (κ3) is 1.99. The number of fused-ring (bicyclic) bond motifs is 1. The highest BCUT2D eigenvalue weighted by atomic mass is 16.8. The molecule has 2 rings (SSSR count). The molecule has 3 nitrogen and oxygen atoms in total. The van der Waals surface area contributed by atoms with Crippen LogP contribution in [0.3, 0.4) is 0 Å². The Balaban J connectivity index is 0.000000184. The van der Waals surface area contributed by atoms with Gasteiger partial charge in [0, 0.05) is 12.8 Å². The lowest BCUT2D eigenvalue weighted by Gasteiger charge is -2.14. The molecule has 2 atom stereocenters. The molecular weight excluding hydrogens is 168 g/mol. The second-order valence-corrected chi connectivity index (χ2v) is 3.35. The minimum Gasteiger partial charge on any atom is -0.361 e. The van der Waals surface area contributed by atoms with Crippen LogP contribution in [0.2, 0.25) is 0 Å². The van der Waals surface area contributed by atoms with Gasteiger partial charge in [-0.1, -0.05) is 25.3 Å². The molecule has 2 N–H and O–H groups in total. The highest BCUT2D eigenvalue weighted by Gasteiger charge is 2.70. The summed E-state index contributed by atoms with van der Waals surface area (Å²) < 4.78 is 4.76. The topological polar surface area (TPSA) is 53.0 Å². The van der Waals surface area contributed by atoms with E-state index in [4.69, 9.17) is 4.74 Å². The fraction of sp³-hybridized carbons (Fsp3) is 0.600. The zero-order chi connectivity index (χ0) is 9.95. The molecule has 0 bridgehead atoms. The third-order valence-corrected chi connectivity index (χ3v) is 2.35. The predicted octanol–water partition coefficient (Wildman–Crippen LogP) is 1.33. The van der Waals surface area contributed by atoms with E-state index in [-0.39, 0.29) is 0 Å². The number of hydrogen-bond donors (Lipinski definition) is 2. The van der Waals surface area contributed by atoms with E-state index in [0.29, 0.717) is 12.8 Å². The largest absolute Gasteiger partial charge is 0.361 e. The van der Waals surface area contributed by atoms with Gasteiger partial charge in [0.1, 0.15) is 0 Å². The van der Waals surface area contributed by atoms with Gasteiger partial charge >= 0.3 is 0 Å². The van der Waals surface area contributed by atoms with E-state index in [9.17, 15) is 10.2 Å². The fourth-order valence-electron chi connectivity index (χ4n) is 1.48. The molecule has 0 aromatic heterocycles. The van der Waals surface area contributed by atoms with Crippen LogP contribution < -0.4 is 0 Å². The zero-order valence-electron chi connectivity index (χ0n) is 7.70. The van der Waals surface area contributed by atoms with Crippen molar-refractivity contribution in [2.45, 2.75) is 37.3 Å². The Bertz CT molecular complexity index is 184. The van der Waals surface area contributed by atoms with Crippen molar-refractivity contribution in [1.29, 1.82) is 0 Å². The first-order valence-electron chi connectivity index (χ1n) is 4.46. The molecule has 2 aliphatic rings. The Morgan fingerprint density at radius 1 is 1.00 bits per heavy atom. The number of rotatable bonds is 1. The first-order valence-corrected chi connectivity index (χ1v) is 4.46. The van der Waals surface area contributed by atoms with Crippen LogP contribution in [0.25, 0.3) is 0 Å². The van der Waals surface area contributed by atoms with Crippen molar-refractivity contribution in [3.63, 3.8) is 0 Å². The standard InChI is InChI=1S/C6H10O3.C4H6/c7-5-3-1-2-4-6(5,8)9-5;1-3-4-2/h7-8H,1-4H2;3-4H,1-2H2. The normalized spacial score (nSPS) is 40.8. The molecule has 0 aromatic carbocycles. The number of epoxide rings is 1. The van der Waals surface area contributed by atoms with E-state index in [0.717, 1.165) is 12.8 Å². The minimum atomic E-state index is -1.16. The van der Waals surface area contributed by atoms with E-state index in [1.165, 1.54) is 0 Å². The number of ether oxygens (including phenoxy) is 1. The molecule has 0 radical (unpaired) electrons. The lowest BCUT2D eigenvalue weighted by Crippen LogP contribution is -2.28. The first-order chi connectivity index (χ1) is 6.08. The van der Waals surface area contributed by atoms with Crippen LogP contribution >= 0.6 is 0 Å². The van der Waals surface area contributed by atoms with Crippen LogP contribution in [0.5, 0.6) is 0 Å². The number of aliphatic hydroxyl groups is 2. The molecule has 3 heteroatoms. The predicted molar refractivity (Wildman–Crippen MR) is 49.8 cm³/mol. The highest BCUT2D eigenvalue weighted by Crippen LogP contribution is 2.53. The molecule has 74 valence electrons. The average Bonchev–Trinajstić information content (AvgIpc) is 2.69. The van der Waals surface area contributed by atoms with Gasteiger partial charge in [-0.05, 0) is 12.8 Å². The van der Waals surface area contributed by atoms with Crippen molar-refractivity contribution in [3.05, 3.63) is 25.3 Å². The Hall–Kier alpha value is -0.640. The molecule has 1 aliphatic carbocycles. The van der Waals surface area contributed by atoms with Crippen molar-refractivity contribution in [3.8, 4) is 0 Å². The van der Waals surface area contributed by atoms with Crippen molar-refractivity contribution in [2.24, 2.45) is 0 Å². The summed E-state index contributed by atoms with van der Waals surface area (Å²) in [5, 5.41) is 18.5. The highest BCUT2D eigenvalue weighted by molar-refractivity contribution is 5.02. The molecular formula is C10H16O3. The second kappa shape index (κ2) is 3.62. The van der Waals surface area contributed by atoms with Gasteiger partial charge in [-0.15, -0.1) is 0 Å². The van der Waals surface area contributed by atoms with Crippen molar-refractivity contribution in [1.82, 2.24) is 0 Å². The second-order valence-electron chi connectivity index (χ2n) is 3.35. The van der Waals surface area contributed by atoms with Gasteiger partial charge in [-0.2, -0.15) is 0 Å². The summed E-state index contributed by atoms with van der Waals surface area (Å²) in [5.41, 5.74) is 0. The fourth-order valence-corrected chi connectivity index (χ4v) is 1.48. The van der Waals surface area contributed by atoms with Crippen molar-refractivity contribution < 1.29 is 14.9 Å². The summed E-state index contributed by atoms with van der Waals surface area (Å²) >= 11 is 0. The molecule has 1 saturated heterocycles. The Morgan fingerprint density at radius 3 is 1.62 bits per heavy atom. The summed E-state index contributed by atoms with van der Waals surface area (Å²) in [6.07, 6.45) is 6.37. The molecule has 0 aromatic rings. The first kappa shape index (κ1) is 10.4. The molecule has 2 fully saturated rings. The van der Waals surface area contributed by atoms with Gasteiger partial charge in [-0.3, -0.25) is 0 Å². The quantitative estimate of drug-likeness (QED) is 0.477. The maximum absolute atomic E-state index is 9.24. The Kier molecular flexibility index (Phi) is 2.91. The summed E-state index contributed by atoms with van der Waals surface area (Å²) in [5.74, 6) is -2.32. The van der Waals surface area contributed by atoms with Gasteiger partial charge in [0.05, 0.1) is 0 Å². The van der Waals surface area contributed by atoms with Crippen LogP contribution in [-0.2, 0) is 4.74 Å². The van der Waals surface area contributed by atoms with Crippen LogP contribution in [0.15, 0.2) is 25.3 Å². The monoisotopic (exact) mass is 184 g/mol. The summed E-state index contributed by atoms with van der Waals surface area (Å²) in [6.45, 7) is 6.72. The minimum absolute atomic E-state index is 0.587. The molecule has 1 heterocycles. The smallest absolute Gasteiger partial charge is 0.223 e. The lowest BCUT2D eigenvalue weighted by molar-refractivity contribution is -0.00865. The molecule has 13 heavy (non-hydrogen) atoms. The van der Waals surface area contributed by atoms with Crippen LogP contribution in [0.1, 0.15) is 25.7 Å². The zero-order valence-corrected chi connectivity index (χ0v) is 7.70. The van der Waals surface area contributed by atoms with E-state index in [1.54, 1.807) is 12.2 Å². The van der Waals surface area contributed by atoms with E-state index in [1.807, 2.05) is 0 Å². The van der Waals surface area contributed by atoms with Gasteiger partial charge in [0.25, 0.3) is 0 Å². The van der Waals surface area contributed by atoms with Crippen LogP contribution in [0.4, 0.5) is 0 Å². The van der Waals surface area contributed by atoms with Gasteiger partial charge in [-0.25, -0.2) is 0 Å². The average molecular weight is 184 g/mol. The Morgan fingerprint density at radius 2 is 1.38 bits per heavy atom. The molecule has 1 aliphatic heterocycles. The van der Waals surface area contributed by atoms with Crippen molar-refractivity contribution >= 4 is 0 Å². The summed E-state index contributed by atoms with van der Waals surface area (Å²) in [4.78, 5) is 0. The molecule has 2 unspecified atom stereocenters. The van der Waals surface area contributed by atoms with Gasteiger partial charge in [0.15, 0.2) is 0 Å². The van der Waals surface area contributed by atoms with Gasteiger partial charge in [0.2, 0.25) is 11.6 Å². The van der Waals surface area contributed by atoms with Crippen molar-refractivity contribution in [2.75, 3.05) is 0 Å². The van der Waals surface area contributed by atoms with E-state index >= 15 is 0 Å². The number of allylic oxidation sites excluding steroid dienone is 2. The SMILES string of the molecule is C=CC=C.OC12CCCCC1(O)O2. The summed E-state index contributed by atoms with van der Waals surface area (Å²) in [7, 11) is 0. The van der Waals surface area contributed by atoms with E-state index < -0.39 is 11.6 Å². The van der Waals surface area contributed by atoms with E-state index in [2.05, 4.69) is 13.2 Å². The molecule has 1 saturated carbocycles. The maximum Gasteiger partial charge on any atom is 0.223 e. The Labute approximate surface area is 78.3 Å². The lowest BCUT2D eigenvalue weighted by atomic mass is 9.95. The third-order valence-electron chi connectivity index (χ3n) is 2.35. The summed E-state index contributed by atoms with van der Waals surface area (Å²) in [6, 6.07) is 0. The molecule has 0 spiro atoms. The van der Waals surface area contributed by atoms with Crippen LogP contribution in [-0.4, -0.2) is 21.8 Å². The van der Waals surface area contributed by atoms with Crippen LogP contribution in [0, 0.1) is 0 Å². The van der Waals surface area contributed by atoms with Gasteiger partial charge < -0.3 is 14.9 Å².